The molecule has 0 saturated heterocycles. The SMILES string of the molecule is c1ccc(-c2cccc(C3(c4ccccc4)c4ccccc4-c4ccc(N(c5ccc6c(c5)C(c5ccccc5)(c5ccccc5)c5ccccc5-6)c5cccc6ccc7ccccc7c56)cc43)c2)cc1. The van der Waals surface area contributed by atoms with Crippen LogP contribution in [0.4, 0.5) is 17.1 Å². The minimum absolute atomic E-state index is 0.562. The molecule has 0 heterocycles. The van der Waals surface area contributed by atoms with Crippen LogP contribution in [0.2, 0.25) is 0 Å². The van der Waals surface area contributed by atoms with E-state index in [4.69, 9.17) is 0 Å². The molecule has 332 valence electrons. The molecule has 1 nitrogen and oxygen atoms in total. The van der Waals surface area contributed by atoms with E-state index in [2.05, 4.69) is 290 Å². The average Bonchev–Trinajstić information content (AvgIpc) is 3.92. The highest BCUT2D eigenvalue weighted by Gasteiger charge is 2.48. The molecule has 1 atom stereocenters. The van der Waals surface area contributed by atoms with Crippen LogP contribution in [-0.2, 0) is 10.8 Å². The Kier molecular flexibility index (Phi) is 9.41. The summed E-state index contributed by atoms with van der Waals surface area (Å²) >= 11 is 0. The summed E-state index contributed by atoms with van der Waals surface area (Å²) in [6, 6.07) is 106. The van der Waals surface area contributed by atoms with Crippen LogP contribution in [0.25, 0.3) is 54.9 Å². The molecule has 0 aromatic heterocycles. The Morgan fingerprint density at radius 3 is 1.27 bits per heavy atom. The Morgan fingerprint density at radius 2 is 0.676 bits per heavy atom. The lowest BCUT2D eigenvalue weighted by molar-refractivity contribution is 0.767. The minimum Gasteiger partial charge on any atom is -0.310 e. The van der Waals surface area contributed by atoms with E-state index in [1.54, 1.807) is 0 Å². The maximum atomic E-state index is 2.55. The third-order valence-electron chi connectivity index (χ3n) is 15.6. The van der Waals surface area contributed by atoms with E-state index in [0.29, 0.717) is 0 Å². The second kappa shape index (κ2) is 16.3. The van der Waals surface area contributed by atoms with Gasteiger partial charge in [0, 0.05) is 16.8 Å². The van der Waals surface area contributed by atoms with Crippen LogP contribution in [0.3, 0.4) is 0 Å². The molecule has 0 bridgehead atoms. The van der Waals surface area contributed by atoms with Crippen LogP contribution in [0.1, 0.15) is 44.5 Å². The monoisotopic (exact) mass is 901 g/mol. The number of hydrogen-bond acceptors (Lipinski definition) is 1. The summed E-state index contributed by atoms with van der Waals surface area (Å²) in [5, 5.41) is 4.87. The van der Waals surface area contributed by atoms with E-state index in [1.807, 2.05) is 0 Å². The number of rotatable bonds is 8. The van der Waals surface area contributed by atoms with Gasteiger partial charge in [0.25, 0.3) is 0 Å². The zero-order valence-corrected chi connectivity index (χ0v) is 39.1. The predicted molar refractivity (Wildman–Crippen MR) is 296 cm³/mol. The normalized spacial score (nSPS) is 14.9. The highest BCUT2D eigenvalue weighted by atomic mass is 15.1. The third kappa shape index (κ3) is 6.06. The molecule has 12 aromatic rings. The molecule has 0 N–H and O–H groups in total. The zero-order valence-electron chi connectivity index (χ0n) is 39.1. The summed E-state index contributed by atoms with van der Waals surface area (Å²) in [7, 11) is 0. The first kappa shape index (κ1) is 41.0. The van der Waals surface area contributed by atoms with Crippen molar-refractivity contribution >= 4 is 38.6 Å². The van der Waals surface area contributed by atoms with E-state index in [-0.39, 0.29) is 0 Å². The first-order chi connectivity index (χ1) is 35.2. The molecule has 14 rings (SSSR count). The van der Waals surface area contributed by atoms with Crippen molar-refractivity contribution in [3.8, 4) is 33.4 Å². The van der Waals surface area contributed by atoms with Crippen molar-refractivity contribution in [3.63, 3.8) is 0 Å². The van der Waals surface area contributed by atoms with Gasteiger partial charge in [-0.05, 0) is 130 Å². The van der Waals surface area contributed by atoms with Gasteiger partial charge in [0.2, 0.25) is 0 Å². The molecule has 1 heteroatoms. The molecule has 0 radical (unpaired) electrons. The van der Waals surface area contributed by atoms with Crippen LogP contribution < -0.4 is 4.90 Å². The first-order valence-corrected chi connectivity index (χ1v) is 24.7. The molecular formula is C70H47N. The Bertz CT molecular complexity index is 3950. The third-order valence-corrected chi connectivity index (χ3v) is 15.6. The second-order valence-electron chi connectivity index (χ2n) is 19.1. The van der Waals surface area contributed by atoms with Gasteiger partial charge in [0.15, 0.2) is 0 Å². The fraction of sp³-hybridized carbons (Fsp3) is 0.0286. The lowest BCUT2D eigenvalue weighted by Gasteiger charge is -2.36. The summed E-state index contributed by atoms with van der Waals surface area (Å²) in [6.45, 7) is 0. The van der Waals surface area contributed by atoms with Crippen molar-refractivity contribution in [2.75, 3.05) is 4.90 Å². The lowest BCUT2D eigenvalue weighted by atomic mass is 9.67. The molecule has 0 fully saturated rings. The van der Waals surface area contributed by atoms with Crippen molar-refractivity contribution in [3.05, 3.63) is 330 Å². The molecule has 0 spiro atoms. The Hall–Kier alpha value is -9.04. The van der Waals surface area contributed by atoms with Crippen molar-refractivity contribution in [2.24, 2.45) is 0 Å². The van der Waals surface area contributed by atoms with Gasteiger partial charge in [0.05, 0.1) is 16.5 Å². The maximum Gasteiger partial charge on any atom is 0.0714 e. The summed E-state index contributed by atoms with van der Waals surface area (Å²) in [5.41, 5.74) is 19.7. The average molecular weight is 902 g/mol. The largest absolute Gasteiger partial charge is 0.310 e. The molecule has 0 amide bonds. The summed E-state index contributed by atoms with van der Waals surface area (Å²) in [6.07, 6.45) is 0. The second-order valence-corrected chi connectivity index (χ2v) is 19.1. The van der Waals surface area contributed by atoms with Gasteiger partial charge in [0.1, 0.15) is 0 Å². The summed E-state index contributed by atoms with van der Waals surface area (Å²) in [4.78, 5) is 2.55. The number of fused-ring (bicyclic) bond motifs is 9. The van der Waals surface area contributed by atoms with Gasteiger partial charge < -0.3 is 4.90 Å². The number of hydrogen-bond donors (Lipinski definition) is 0. The molecule has 12 aromatic carbocycles. The molecule has 2 aliphatic rings. The highest BCUT2D eigenvalue weighted by Crippen LogP contribution is 2.60. The van der Waals surface area contributed by atoms with Crippen LogP contribution >= 0.6 is 0 Å². The van der Waals surface area contributed by atoms with E-state index >= 15 is 0 Å². The number of anilines is 3. The zero-order chi connectivity index (χ0) is 46.9. The van der Waals surface area contributed by atoms with Gasteiger partial charge in [-0.25, -0.2) is 0 Å². The molecule has 0 saturated carbocycles. The Balaban J connectivity index is 1.08. The first-order valence-electron chi connectivity index (χ1n) is 24.7. The molecule has 2 aliphatic carbocycles. The van der Waals surface area contributed by atoms with E-state index in [1.165, 1.54) is 99.4 Å². The molecular weight excluding hydrogens is 855 g/mol. The summed E-state index contributed by atoms with van der Waals surface area (Å²) in [5.74, 6) is 0. The fourth-order valence-corrected chi connectivity index (χ4v) is 12.7. The van der Waals surface area contributed by atoms with Gasteiger partial charge in [-0.15, -0.1) is 0 Å². The van der Waals surface area contributed by atoms with Gasteiger partial charge >= 0.3 is 0 Å². The van der Waals surface area contributed by atoms with Crippen LogP contribution in [0.15, 0.2) is 285 Å². The predicted octanol–water partition coefficient (Wildman–Crippen LogP) is 17.9. The number of benzene rings is 12. The molecule has 0 aliphatic heterocycles. The van der Waals surface area contributed by atoms with Crippen molar-refractivity contribution in [1.82, 2.24) is 0 Å². The topological polar surface area (TPSA) is 3.24 Å². The van der Waals surface area contributed by atoms with Crippen molar-refractivity contribution < 1.29 is 0 Å². The quantitative estimate of drug-likeness (QED) is 0.137. The van der Waals surface area contributed by atoms with Gasteiger partial charge in [-0.2, -0.15) is 0 Å². The van der Waals surface area contributed by atoms with Crippen molar-refractivity contribution in [2.45, 2.75) is 10.8 Å². The molecule has 1 unspecified atom stereocenters. The van der Waals surface area contributed by atoms with Gasteiger partial charge in [-0.1, -0.05) is 249 Å². The maximum absolute atomic E-state index is 2.55. The van der Waals surface area contributed by atoms with Crippen LogP contribution in [0.5, 0.6) is 0 Å². The standard InChI is InChI=1S/C70H47N/c1-5-21-48(22-6-1)51-25-19-32-55(45-51)70(54-30-11-4-12-31-54)64-37-18-16-35-60(64)62-44-42-57(47-66(62)70)71(67-38-20-24-50-40-39-49-23-13-14-33-58(49)68(50)67)56-41-43-61-59-34-15-17-36-63(59)69(65(61)46-56,52-26-7-2-8-27-52)53-28-9-3-10-29-53/h1-47H. The highest BCUT2D eigenvalue weighted by molar-refractivity contribution is 6.15. The minimum atomic E-state index is -0.625. The van der Waals surface area contributed by atoms with Crippen molar-refractivity contribution in [1.29, 1.82) is 0 Å². The fourth-order valence-electron chi connectivity index (χ4n) is 12.7. The summed E-state index contributed by atoms with van der Waals surface area (Å²) < 4.78 is 0. The molecule has 71 heavy (non-hydrogen) atoms. The Labute approximate surface area is 415 Å². The lowest BCUT2D eigenvalue weighted by Crippen LogP contribution is -2.29. The number of nitrogens with zero attached hydrogens (tertiary/aromatic N) is 1. The van der Waals surface area contributed by atoms with Gasteiger partial charge in [-0.3, -0.25) is 0 Å². The van der Waals surface area contributed by atoms with E-state index in [9.17, 15) is 0 Å². The van der Waals surface area contributed by atoms with Crippen LogP contribution in [0, 0.1) is 0 Å². The van der Waals surface area contributed by atoms with Crippen LogP contribution in [-0.4, -0.2) is 0 Å². The Morgan fingerprint density at radius 1 is 0.254 bits per heavy atom. The van der Waals surface area contributed by atoms with E-state index in [0.717, 1.165) is 17.1 Å². The van der Waals surface area contributed by atoms with E-state index < -0.39 is 10.8 Å². The smallest absolute Gasteiger partial charge is 0.0714 e.